The lowest BCUT2D eigenvalue weighted by Gasteiger charge is -2.12. The highest BCUT2D eigenvalue weighted by molar-refractivity contribution is 5.30. The summed E-state index contributed by atoms with van der Waals surface area (Å²) in [7, 11) is 0. The maximum Gasteiger partial charge on any atom is 0.107 e. The highest BCUT2D eigenvalue weighted by Gasteiger charge is 2.09. The monoisotopic (exact) mass is 215 g/mol. The highest BCUT2D eigenvalue weighted by Crippen LogP contribution is 2.17. The van der Waals surface area contributed by atoms with Gasteiger partial charge in [-0.05, 0) is 19.4 Å². The Kier molecular flexibility index (Phi) is 3.06. The van der Waals surface area contributed by atoms with Gasteiger partial charge >= 0.3 is 0 Å². The molecule has 0 spiro atoms. The molecule has 0 radical (unpaired) electrons. The third kappa shape index (κ3) is 2.49. The minimum Gasteiger partial charge on any atom is -0.349 e. The molecule has 2 aromatic rings. The summed E-state index contributed by atoms with van der Waals surface area (Å²) < 4.78 is 0. The first-order chi connectivity index (χ1) is 7.65. The Hall–Kier alpha value is -1.61. The third-order valence-corrected chi connectivity index (χ3v) is 2.64. The van der Waals surface area contributed by atoms with Gasteiger partial charge in [0, 0.05) is 24.9 Å². The average Bonchev–Trinajstić information content (AvgIpc) is 2.68. The van der Waals surface area contributed by atoms with Crippen molar-refractivity contribution in [3.05, 3.63) is 53.1 Å². The van der Waals surface area contributed by atoms with Crippen molar-refractivity contribution in [3.63, 3.8) is 0 Å². The van der Waals surface area contributed by atoms with Gasteiger partial charge in [-0.2, -0.15) is 0 Å². The summed E-state index contributed by atoms with van der Waals surface area (Å²) in [5, 5.41) is 0. The fraction of sp³-hybridized carbons (Fsp3) is 0.308. The standard InChI is InChI=1S/C13H17N3/c1-9-5-10(2)7-11(6-9)12(14)8-13-15-3-4-16-13/h3-7,12H,8,14H2,1-2H3,(H,15,16). The number of aryl methyl sites for hydroxylation is 2. The lowest BCUT2D eigenvalue weighted by atomic mass is 10.00. The van der Waals surface area contributed by atoms with Crippen molar-refractivity contribution in [1.29, 1.82) is 0 Å². The van der Waals surface area contributed by atoms with Crippen molar-refractivity contribution in [2.45, 2.75) is 26.3 Å². The zero-order valence-electron chi connectivity index (χ0n) is 9.70. The van der Waals surface area contributed by atoms with Crippen LogP contribution >= 0.6 is 0 Å². The number of hydrogen-bond acceptors (Lipinski definition) is 2. The number of benzene rings is 1. The first-order valence-electron chi connectivity index (χ1n) is 5.47. The van der Waals surface area contributed by atoms with Crippen molar-refractivity contribution in [2.75, 3.05) is 0 Å². The lowest BCUT2D eigenvalue weighted by molar-refractivity contribution is 0.693. The van der Waals surface area contributed by atoms with Crippen LogP contribution in [0.2, 0.25) is 0 Å². The van der Waals surface area contributed by atoms with Crippen molar-refractivity contribution in [1.82, 2.24) is 9.97 Å². The fourth-order valence-electron chi connectivity index (χ4n) is 1.96. The van der Waals surface area contributed by atoms with E-state index in [0.29, 0.717) is 0 Å². The largest absolute Gasteiger partial charge is 0.349 e. The van der Waals surface area contributed by atoms with Crippen LogP contribution in [0.5, 0.6) is 0 Å². The van der Waals surface area contributed by atoms with Gasteiger partial charge in [-0.3, -0.25) is 0 Å². The van der Waals surface area contributed by atoms with E-state index in [0.717, 1.165) is 12.2 Å². The van der Waals surface area contributed by atoms with Gasteiger partial charge in [0.05, 0.1) is 0 Å². The van der Waals surface area contributed by atoms with Gasteiger partial charge in [0.15, 0.2) is 0 Å². The summed E-state index contributed by atoms with van der Waals surface area (Å²) in [6.07, 6.45) is 4.32. The summed E-state index contributed by atoms with van der Waals surface area (Å²) in [6.45, 7) is 4.19. The van der Waals surface area contributed by atoms with Crippen LogP contribution in [0.25, 0.3) is 0 Å². The second kappa shape index (κ2) is 4.49. The van der Waals surface area contributed by atoms with E-state index in [1.165, 1.54) is 16.7 Å². The molecule has 0 aliphatic carbocycles. The van der Waals surface area contributed by atoms with Crippen LogP contribution in [0.15, 0.2) is 30.6 Å². The van der Waals surface area contributed by atoms with E-state index < -0.39 is 0 Å². The molecule has 3 nitrogen and oxygen atoms in total. The number of rotatable bonds is 3. The van der Waals surface area contributed by atoms with Gasteiger partial charge in [0.2, 0.25) is 0 Å². The number of nitrogens with one attached hydrogen (secondary N) is 1. The van der Waals surface area contributed by atoms with Crippen molar-refractivity contribution < 1.29 is 0 Å². The average molecular weight is 215 g/mol. The number of aromatic nitrogens is 2. The van der Waals surface area contributed by atoms with E-state index in [2.05, 4.69) is 42.0 Å². The zero-order chi connectivity index (χ0) is 11.5. The Morgan fingerprint density at radius 2 is 1.94 bits per heavy atom. The van der Waals surface area contributed by atoms with Crippen LogP contribution in [-0.4, -0.2) is 9.97 Å². The molecule has 1 atom stereocenters. The Morgan fingerprint density at radius 3 is 2.50 bits per heavy atom. The molecule has 3 heteroatoms. The molecule has 0 saturated carbocycles. The van der Waals surface area contributed by atoms with Crippen molar-refractivity contribution in [2.24, 2.45) is 5.73 Å². The molecule has 1 unspecified atom stereocenters. The van der Waals surface area contributed by atoms with Crippen LogP contribution in [0.4, 0.5) is 0 Å². The molecule has 84 valence electrons. The predicted molar refractivity (Wildman–Crippen MR) is 65.1 cm³/mol. The van der Waals surface area contributed by atoms with E-state index in [4.69, 9.17) is 5.73 Å². The van der Waals surface area contributed by atoms with Crippen LogP contribution < -0.4 is 5.73 Å². The fourth-order valence-corrected chi connectivity index (χ4v) is 1.96. The molecule has 0 saturated heterocycles. The molecule has 1 aromatic heterocycles. The highest BCUT2D eigenvalue weighted by atomic mass is 14.9. The van der Waals surface area contributed by atoms with Gasteiger partial charge in [-0.25, -0.2) is 4.98 Å². The van der Waals surface area contributed by atoms with E-state index in [9.17, 15) is 0 Å². The van der Waals surface area contributed by atoms with E-state index >= 15 is 0 Å². The van der Waals surface area contributed by atoms with Crippen molar-refractivity contribution >= 4 is 0 Å². The normalized spacial score (nSPS) is 12.7. The topological polar surface area (TPSA) is 54.7 Å². The Labute approximate surface area is 95.7 Å². The number of hydrogen-bond donors (Lipinski definition) is 2. The van der Waals surface area contributed by atoms with Gasteiger partial charge in [0.1, 0.15) is 5.82 Å². The molecule has 16 heavy (non-hydrogen) atoms. The van der Waals surface area contributed by atoms with Crippen LogP contribution in [-0.2, 0) is 6.42 Å². The smallest absolute Gasteiger partial charge is 0.107 e. The summed E-state index contributed by atoms with van der Waals surface area (Å²) in [5.41, 5.74) is 9.85. The molecule has 1 heterocycles. The molecule has 3 N–H and O–H groups in total. The first-order valence-corrected chi connectivity index (χ1v) is 5.47. The summed E-state index contributed by atoms with van der Waals surface area (Å²) in [4.78, 5) is 7.27. The van der Waals surface area contributed by atoms with Crippen LogP contribution in [0.3, 0.4) is 0 Å². The number of nitrogens with zero attached hydrogens (tertiary/aromatic N) is 1. The third-order valence-electron chi connectivity index (χ3n) is 2.64. The lowest BCUT2D eigenvalue weighted by Crippen LogP contribution is -2.14. The molecular weight excluding hydrogens is 198 g/mol. The first kappa shape index (κ1) is 10.9. The van der Waals surface area contributed by atoms with Crippen LogP contribution in [0, 0.1) is 13.8 Å². The molecule has 2 rings (SSSR count). The number of nitrogens with two attached hydrogens (primary N) is 1. The number of H-pyrrole nitrogens is 1. The van der Waals surface area contributed by atoms with Gasteiger partial charge in [-0.1, -0.05) is 29.3 Å². The van der Waals surface area contributed by atoms with Crippen LogP contribution in [0.1, 0.15) is 28.6 Å². The Bertz CT molecular complexity index is 440. The maximum absolute atomic E-state index is 6.16. The predicted octanol–water partition coefficient (Wildman–Crippen LogP) is 2.27. The number of imidazole rings is 1. The van der Waals surface area contributed by atoms with Gasteiger partial charge in [-0.15, -0.1) is 0 Å². The molecule has 0 bridgehead atoms. The maximum atomic E-state index is 6.16. The zero-order valence-corrected chi connectivity index (χ0v) is 9.70. The minimum atomic E-state index is 0.00440. The molecule has 1 aromatic carbocycles. The molecule has 0 fully saturated rings. The summed E-state index contributed by atoms with van der Waals surface area (Å²) in [5.74, 6) is 0.937. The number of aromatic amines is 1. The Balaban J connectivity index is 2.17. The molecule has 0 amide bonds. The van der Waals surface area contributed by atoms with Crippen molar-refractivity contribution in [3.8, 4) is 0 Å². The molecular formula is C13H17N3. The summed E-state index contributed by atoms with van der Waals surface area (Å²) >= 11 is 0. The van der Waals surface area contributed by atoms with Gasteiger partial charge < -0.3 is 10.7 Å². The van der Waals surface area contributed by atoms with Gasteiger partial charge in [0.25, 0.3) is 0 Å². The molecule has 0 aliphatic rings. The van der Waals surface area contributed by atoms with E-state index in [-0.39, 0.29) is 6.04 Å². The SMILES string of the molecule is Cc1cc(C)cc(C(N)Cc2ncc[nH]2)c1. The minimum absolute atomic E-state index is 0.00440. The molecule has 0 aliphatic heterocycles. The Morgan fingerprint density at radius 1 is 1.25 bits per heavy atom. The quantitative estimate of drug-likeness (QED) is 0.825. The van der Waals surface area contributed by atoms with E-state index in [1.54, 1.807) is 6.20 Å². The second-order valence-corrected chi connectivity index (χ2v) is 4.27. The summed E-state index contributed by atoms with van der Waals surface area (Å²) in [6, 6.07) is 6.44. The van der Waals surface area contributed by atoms with E-state index in [1.807, 2.05) is 6.20 Å². The second-order valence-electron chi connectivity index (χ2n) is 4.27.